The predicted octanol–water partition coefficient (Wildman–Crippen LogP) is 0.714. The first-order valence-corrected chi connectivity index (χ1v) is 6.75. The zero-order valence-electron chi connectivity index (χ0n) is 11.1. The van der Waals surface area contributed by atoms with Crippen molar-refractivity contribution in [1.82, 2.24) is 10.6 Å². The molecule has 2 amide bonds. The average molecular weight is 256 g/mol. The molecule has 1 aliphatic carbocycles. The molecule has 0 heterocycles. The quantitative estimate of drug-likeness (QED) is 0.560. The van der Waals surface area contributed by atoms with Crippen molar-refractivity contribution in [2.45, 2.75) is 57.5 Å². The van der Waals surface area contributed by atoms with E-state index in [1.165, 1.54) is 6.92 Å². The van der Waals surface area contributed by atoms with Gasteiger partial charge in [0.05, 0.1) is 5.60 Å². The molecule has 5 nitrogen and oxygen atoms in total. The molecule has 0 atom stereocenters. The van der Waals surface area contributed by atoms with E-state index in [0.717, 1.165) is 38.5 Å². The molecule has 1 saturated carbocycles. The highest BCUT2D eigenvalue weighted by atomic mass is 16.3. The lowest BCUT2D eigenvalue weighted by Gasteiger charge is -2.36. The summed E-state index contributed by atoms with van der Waals surface area (Å²) >= 11 is 0. The van der Waals surface area contributed by atoms with Crippen LogP contribution in [0.15, 0.2) is 0 Å². The number of amides is 2. The molecule has 0 saturated heterocycles. The van der Waals surface area contributed by atoms with Gasteiger partial charge in [-0.3, -0.25) is 9.59 Å². The van der Waals surface area contributed by atoms with Gasteiger partial charge < -0.3 is 15.7 Å². The molecule has 1 fully saturated rings. The van der Waals surface area contributed by atoms with E-state index in [2.05, 4.69) is 10.6 Å². The van der Waals surface area contributed by atoms with Crippen LogP contribution in [-0.4, -0.2) is 35.6 Å². The third-order valence-electron chi connectivity index (χ3n) is 3.35. The van der Waals surface area contributed by atoms with Gasteiger partial charge in [-0.25, -0.2) is 0 Å². The van der Waals surface area contributed by atoms with Gasteiger partial charge in [0.15, 0.2) is 0 Å². The fourth-order valence-corrected chi connectivity index (χ4v) is 1.96. The lowest BCUT2D eigenvalue weighted by atomic mass is 9.80. The van der Waals surface area contributed by atoms with E-state index in [-0.39, 0.29) is 11.8 Å². The topological polar surface area (TPSA) is 78.4 Å². The van der Waals surface area contributed by atoms with Gasteiger partial charge in [0, 0.05) is 26.4 Å². The number of hydrogen-bond acceptors (Lipinski definition) is 3. The van der Waals surface area contributed by atoms with E-state index < -0.39 is 5.60 Å². The number of carbonyl (C=O) groups excluding carboxylic acids is 2. The van der Waals surface area contributed by atoms with Crippen LogP contribution in [0.3, 0.4) is 0 Å². The van der Waals surface area contributed by atoms with Crippen LogP contribution in [0.4, 0.5) is 0 Å². The molecule has 1 aliphatic rings. The van der Waals surface area contributed by atoms with Gasteiger partial charge in [-0.15, -0.1) is 0 Å². The predicted molar refractivity (Wildman–Crippen MR) is 69.0 cm³/mol. The maximum atomic E-state index is 11.5. The van der Waals surface area contributed by atoms with Crippen LogP contribution in [0.25, 0.3) is 0 Å². The second kappa shape index (κ2) is 7.36. The summed E-state index contributed by atoms with van der Waals surface area (Å²) in [6, 6.07) is 0. The average Bonchev–Trinajstić information content (AvgIpc) is 2.28. The molecule has 0 aliphatic heterocycles. The van der Waals surface area contributed by atoms with E-state index in [0.29, 0.717) is 19.5 Å². The molecule has 0 radical (unpaired) electrons. The Morgan fingerprint density at radius 2 is 1.89 bits per heavy atom. The Morgan fingerprint density at radius 1 is 1.17 bits per heavy atom. The minimum Gasteiger partial charge on any atom is -0.388 e. The summed E-state index contributed by atoms with van der Waals surface area (Å²) in [4.78, 5) is 22.1. The van der Waals surface area contributed by atoms with Gasteiger partial charge in [0.25, 0.3) is 0 Å². The summed E-state index contributed by atoms with van der Waals surface area (Å²) in [6.45, 7) is 2.56. The van der Waals surface area contributed by atoms with Crippen LogP contribution in [0.2, 0.25) is 0 Å². The Labute approximate surface area is 108 Å². The summed E-state index contributed by atoms with van der Waals surface area (Å²) < 4.78 is 0. The van der Waals surface area contributed by atoms with E-state index in [9.17, 15) is 14.7 Å². The van der Waals surface area contributed by atoms with Gasteiger partial charge in [0.1, 0.15) is 0 Å². The molecular formula is C13H24N2O3. The monoisotopic (exact) mass is 256 g/mol. The lowest BCUT2D eigenvalue weighted by molar-refractivity contribution is -0.123. The molecular weight excluding hydrogens is 232 g/mol. The van der Waals surface area contributed by atoms with Crippen LogP contribution in [0.1, 0.15) is 51.9 Å². The number of hydrogen-bond donors (Lipinski definition) is 3. The molecule has 0 aromatic rings. The smallest absolute Gasteiger partial charge is 0.220 e. The lowest BCUT2D eigenvalue weighted by Crippen LogP contribution is -2.47. The summed E-state index contributed by atoms with van der Waals surface area (Å²) in [6.07, 6.45) is 5.79. The second-order valence-electron chi connectivity index (χ2n) is 5.15. The highest BCUT2D eigenvalue weighted by Gasteiger charge is 2.34. The molecule has 18 heavy (non-hydrogen) atoms. The van der Waals surface area contributed by atoms with Crippen LogP contribution < -0.4 is 10.6 Å². The number of nitrogens with one attached hydrogen (secondary N) is 2. The first-order valence-electron chi connectivity index (χ1n) is 6.75. The standard InChI is InChI=1S/C13H24N2O3/c1-11(16)14-9-4-2-3-6-12(17)15-10-13(18)7-5-8-13/h18H,2-10H2,1H3,(H,14,16)(H,15,17). The van der Waals surface area contributed by atoms with Crippen molar-refractivity contribution in [3.63, 3.8) is 0 Å². The first kappa shape index (κ1) is 15.0. The molecule has 0 spiro atoms. The van der Waals surface area contributed by atoms with Gasteiger partial charge in [-0.1, -0.05) is 6.42 Å². The van der Waals surface area contributed by atoms with E-state index in [1.807, 2.05) is 0 Å². The molecule has 5 heteroatoms. The zero-order valence-corrected chi connectivity index (χ0v) is 11.1. The highest BCUT2D eigenvalue weighted by molar-refractivity contribution is 5.75. The molecule has 0 aromatic heterocycles. The molecule has 1 rings (SSSR count). The number of carbonyl (C=O) groups is 2. The number of aliphatic hydroxyl groups is 1. The Kier molecular flexibility index (Phi) is 6.12. The van der Waals surface area contributed by atoms with E-state index in [1.54, 1.807) is 0 Å². The third kappa shape index (κ3) is 6.00. The molecule has 0 bridgehead atoms. The van der Waals surface area contributed by atoms with Crippen molar-refractivity contribution in [3.8, 4) is 0 Å². The van der Waals surface area contributed by atoms with Crippen molar-refractivity contribution in [2.75, 3.05) is 13.1 Å². The van der Waals surface area contributed by atoms with Crippen molar-refractivity contribution in [2.24, 2.45) is 0 Å². The Bertz CT molecular complexity index is 288. The normalized spacial score (nSPS) is 16.8. The van der Waals surface area contributed by atoms with Crippen molar-refractivity contribution >= 4 is 11.8 Å². The Morgan fingerprint density at radius 3 is 2.44 bits per heavy atom. The minimum absolute atomic E-state index is 0.00912. The summed E-state index contributed by atoms with van der Waals surface area (Å²) in [5.41, 5.74) is -0.638. The molecule has 104 valence electrons. The Hall–Kier alpha value is -1.10. The van der Waals surface area contributed by atoms with Crippen molar-refractivity contribution in [1.29, 1.82) is 0 Å². The van der Waals surface area contributed by atoms with Crippen LogP contribution in [0, 0.1) is 0 Å². The van der Waals surface area contributed by atoms with Gasteiger partial charge >= 0.3 is 0 Å². The highest BCUT2D eigenvalue weighted by Crippen LogP contribution is 2.30. The molecule has 0 unspecified atom stereocenters. The summed E-state index contributed by atoms with van der Waals surface area (Å²) in [7, 11) is 0. The van der Waals surface area contributed by atoms with Crippen molar-refractivity contribution < 1.29 is 14.7 Å². The molecule has 0 aromatic carbocycles. The second-order valence-corrected chi connectivity index (χ2v) is 5.15. The largest absolute Gasteiger partial charge is 0.388 e. The van der Waals surface area contributed by atoms with Crippen LogP contribution in [0.5, 0.6) is 0 Å². The molecule has 3 N–H and O–H groups in total. The fraction of sp³-hybridized carbons (Fsp3) is 0.846. The third-order valence-corrected chi connectivity index (χ3v) is 3.35. The summed E-state index contributed by atoms with van der Waals surface area (Å²) in [5.74, 6) is -0.00339. The number of unbranched alkanes of at least 4 members (excludes halogenated alkanes) is 2. The maximum Gasteiger partial charge on any atom is 0.220 e. The van der Waals surface area contributed by atoms with Crippen molar-refractivity contribution in [3.05, 3.63) is 0 Å². The summed E-state index contributed by atoms with van der Waals surface area (Å²) in [5, 5.41) is 15.3. The van der Waals surface area contributed by atoms with E-state index in [4.69, 9.17) is 0 Å². The van der Waals surface area contributed by atoms with E-state index >= 15 is 0 Å². The van der Waals surface area contributed by atoms with Crippen LogP contribution >= 0.6 is 0 Å². The first-order chi connectivity index (χ1) is 8.52. The Balaban J connectivity index is 1.92. The zero-order chi connectivity index (χ0) is 13.4. The SMILES string of the molecule is CC(=O)NCCCCCC(=O)NCC1(O)CCC1. The van der Waals surface area contributed by atoms with Gasteiger partial charge in [0.2, 0.25) is 11.8 Å². The maximum absolute atomic E-state index is 11.5. The van der Waals surface area contributed by atoms with Gasteiger partial charge in [-0.05, 0) is 32.1 Å². The minimum atomic E-state index is -0.638. The number of rotatable bonds is 8. The fourth-order valence-electron chi connectivity index (χ4n) is 1.96. The van der Waals surface area contributed by atoms with Gasteiger partial charge in [-0.2, -0.15) is 0 Å². The van der Waals surface area contributed by atoms with Crippen LogP contribution in [-0.2, 0) is 9.59 Å².